The lowest BCUT2D eigenvalue weighted by Crippen LogP contribution is -2.31. The van der Waals surface area contributed by atoms with E-state index in [2.05, 4.69) is 22.3 Å². The van der Waals surface area contributed by atoms with Crippen LogP contribution in [0, 0.1) is 0 Å². The van der Waals surface area contributed by atoms with Crippen molar-refractivity contribution >= 4 is 23.6 Å². The number of ether oxygens (including phenoxy) is 2. The van der Waals surface area contributed by atoms with Crippen LogP contribution in [0.25, 0.3) is 6.08 Å². The SMILES string of the molecule is COCCNC(=O)COC(=O)/C=C/c1ccc(N2CCCCCC2)cc1. The Morgan fingerprint density at radius 1 is 1.12 bits per heavy atom. The lowest BCUT2D eigenvalue weighted by molar-refractivity contribution is -0.143. The highest BCUT2D eigenvalue weighted by atomic mass is 16.5. The second-order valence-corrected chi connectivity index (χ2v) is 6.28. The van der Waals surface area contributed by atoms with Crippen LogP contribution in [-0.4, -0.2) is 51.8 Å². The monoisotopic (exact) mass is 360 g/mol. The van der Waals surface area contributed by atoms with Crippen molar-refractivity contribution in [2.24, 2.45) is 0 Å². The molecular formula is C20H28N2O4. The van der Waals surface area contributed by atoms with E-state index >= 15 is 0 Å². The van der Waals surface area contributed by atoms with Crippen LogP contribution in [0.3, 0.4) is 0 Å². The van der Waals surface area contributed by atoms with E-state index in [1.165, 1.54) is 37.4 Å². The van der Waals surface area contributed by atoms with Gasteiger partial charge in [-0.25, -0.2) is 4.79 Å². The number of hydrogen-bond acceptors (Lipinski definition) is 5. The Balaban J connectivity index is 1.76. The molecule has 0 saturated carbocycles. The predicted octanol–water partition coefficient (Wildman–Crippen LogP) is 2.39. The van der Waals surface area contributed by atoms with Gasteiger partial charge in [0.1, 0.15) is 0 Å². The quantitative estimate of drug-likeness (QED) is 0.438. The van der Waals surface area contributed by atoms with Crippen LogP contribution in [0.15, 0.2) is 30.3 Å². The van der Waals surface area contributed by atoms with Crippen molar-refractivity contribution < 1.29 is 19.1 Å². The van der Waals surface area contributed by atoms with Gasteiger partial charge >= 0.3 is 5.97 Å². The van der Waals surface area contributed by atoms with E-state index in [0.717, 1.165) is 18.7 Å². The first-order valence-corrected chi connectivity index (χ1v) is 9.14. The third-order valence-corrected chi connectivity index (χ3v) is 4.25. The summed E-state index contributed by atoms with van der Waals surface area (Å²) in [6, 6.07) is 8.14. The van der Waals surface area contributed by atoms with E-state index in [1.54, 1.807) is 13.2 Å². The fourth-order valence-electron chi connectivity index (χ4n) is 2.82. The van der Waals surface area contributed by atoms with Gasteiger partial charge in [0.05, 0.1) is 6.61 Å². The topological polar surface area (TPSA) is 67.9 Å². The molecule has 1 N–H and O–H groups in total. The number of hydrogen-bond donors (Lipinski definition) is 1. The molecule has 2 rings (SSSR count). The molecule has 0 atom stereocenters. The first kappa shape index (κ1) is 20.0. The zero-order valence-corrected chi connectivity index (χ0v) is 15.4. The average molecular weight is 360 g/mol. The Bertz CT molecular complexity index is 590. The summed E-state index contributed by atoms with van der Waals surface area (Å²) in [6.45, 7) is 2.74. The molecule has 0 aliphatic carbocycles. The molecule has 1 aliphatic rings. The number of benzene rings is 1. The number of nitrogens with one attached hydrogen (secondary N) is 1. The third-order valence-electron chi connectivity index (χ3n) is 4.25. The van der Waals surface area contributed by atoms with Crippen molar-refractivity contribution in [3.63, 3.8) is 0 Å². The Kier molecular flexibility index (Phi) is 8.69. The number of carbonyl (C=O) groups is 2. The van der Waals surface area contributed by atoms with Crippen LogP contribution in [-0.2, 0) is 19.1 Å². The van der Waals surface area contributed by atoms with Crippen molar-refractivity contribution in [2.45, 2.75) is 25.7 Å². The average Bonchev–Trinajstić information content (AvgIpc) is 2.95. The molecule has 1 fully saturated rings. The summed E-state index contributed by atoms with van der Waals surface area (Å²) in [6.07, 6.45) is 8.13. The summed E-state index contributed by atoms with van der Waals surface area (Å²) in [5, 5.41) is 2.58. The van der Waals surface area contributed by atoms with Crippen LogP contribution in [0.2, 0.25) is 0 Å². The number of amides is 1. The third kappa shape index (κ3) is 7.27. The molecule has 1 saturated heterocycles. The maximum atomic E-state index is 11.7. The molecule has 0 unspecified atom stereocenters. The minimum atomic E-state index is -0.538. The summed E-state index contributed by atoms with van der Waals surface area (Å²) in [5.41, 5.74) is 2.14. The summed E-state index contributed by atoms with van der Waals surface area (Å²) >= 11 is 0. The molecule has 1 heterocycles. The van der Waals surface area contributed by atoms with Crippen molar-refractivity contribution in [3.05, 3.63) is 35.9 Å². The van der Waals surface area contributed by atoms with E-state index in [9.17, 15) is 9.59 Å². The van der Waals surface area contributed by atoms with Gasteiger partial charge in [0, 0.05) is 38.5 Å². The molecule has 142 valence electrons. The highest BCUT2D eigenvalue weighted by Gasteiger charge is 2.09. The van der Waals surface area contributed by atoms with Gasteiger partial charge < -0.3 is 19.7 Å². The maximum Gasteiger partial charge on any atom is 0.331 e. The molecule has 0 aromatic heterocycles. The summed E-state index contributed by atoms with van der Waals surface area (Å²) in [5.74, 6) is -0.880. The van der Waals surface area contributed by atoms with Crippen molar-refractivity contribution in [3.8, 4) is 0 Å². The largest absolute Gasteiger partial charge is 0.452 e. The molecule has 26 heavy (non-hydrogen) atoms. The number of rotatable bonds is 8. The van der Waals surface area contributed by atoms with E-state index in [1.807, 2.05) is 12.1 Å². The second kappa shape index (κ2) is 11.3. The summed E-state index contributed by atoms with van der Waals surface area (Å²) < 4.78 is 9.72. The fourth-order valence-corrected chi connectivity index (χ4v) is 2.82. The molecule has 0 radical (unpaired) electrons. The standard InChI is InChI=1S/C20H28N2O4/c1-25-15-12-21-19(23)16-26-20(24)11-8-17-6-9-18(10-7-17)22-13-4-2-3-5-14-22/h6-11H,2-5,12-16H2,1H3,(H,21,23)/b11-8+. The molecule has 1 aromatic rings. The minimum absolute atomic E-state index is 0.291. The number of nitrogens with zero attached hydrogens (tertiary/aromatic N) is 1. The van der Waals surface area contributed by atoms with Crippen LogP contribution in [0.5, 0.6) is 0 Å². The van der Waals surface area contributed by atoms with Gasteiger partial charge in [-0.05, 0) is 36.6 Å². The summed E-state index contributed by atoms with van der Waals surface area (Å²) in [7, 11) is 1.55. The molecule has 6 heteroatoms. The van der Waals surface area contributed by atoms with Crippen molar-refractivity contribution in [2.75, 3.05) is 44.9 Å². The van der Waals surface area contributed by atoms with Gasteiger partial charge in [0.2, 0.25) is 0 Å². The fraction of sp³-hybridized carbons (Fsp3) is 0.500. The molecule has 1 aromatic carbocycles. The normalized spacial score (nSPS) is 14.9. The van der Waals surface area contributed by atoms with E-state index in [0.29, 0.717) is 13.2 Å². The van der Waals surface area contributed by atoms with Crippen molar-refractivity contribution in [1.82, 2.24) is 5.32 Å². The molecule has 1 amide bonds. The zero-order chi connectivity index (χ0) is 18.6. The number of esters is 1. The first-order valence-electron chi connectivity index (χ1n) is 9.14. The van der Waals surface area contributed by atoms with Crippen molar-refractivity contribution in [1.29, 1.82) is 0 Å². The van der Waals surface area contributed by atoms with Crippen LogP contribution < -0.4 is 10.2 Å². The van der Waals surface area contributed by atoms with E-state index < -0.39 is 5.97 Å². The Morgan fingerprint density at radius 3 is 2.46 bits per heavy atom. The minimum Gasteiger partial charge on any atom is -0.452 e. The smallest absolute Gasteiger partial charge is 0.331 e. The second-order valence-electron chi connectivity index (χ2n) is 6.28. The van der Waals surface area contributed by atoms with Gasteiger partial charge in [-0.1, -0.05) is 25.0 Å². The molecule has 0 spiro atoms. The van der Waals surface area contributed by atoms with Crippen LogP contribution >= 0.6 is 0 Å². The van der Waals surface area contributed by atoms with Gasteiger partial charge in [0.15, 0.2) is 6.61 Å². The highest BCUT2D eigenvalue weighted by molar-refractivity contribution is 5.89. The maximum absolute atomic E-state index is 11.7. The Morgan fingerprint density at radius 2 is 1.81 bits per heavy atom. The van der Waals surface area contributed by atoms with Crippen LogP contribution in [0.4, 0.5) is 5.69 Å². The summed E-state index contributed by atoms with van der Waals surface area (Å²) in [4.78, 5) is 25.5. The lowest BCUT2D eigenvalue weighted by Gasteiger charge is -2.22. The van der Waals surface area contributed by atoms with Gasteiger partial charge in [-0.3, -0.25) is 4.79 Å². The van der Waals surface area contributed by atoms with Gasteiger partial charge in [-0.15, -0.1) is 0 Å². The van der Waals surface area contributed by atoms with E-state index in [4.69, 9.17) is 9.47 Å². The molecular weight excluding hydrogens is 332 g/mol. The zero-order valence-electron chi connectivity index (χ0n) is 15.4. The van der Waals surface area contributed by atoms with Gasteiger partial charge in [0.25, 0.3) is 5.91 Å². The molecule has 1 aliphatic heterocycles. The number of carbonyl (C=O) groups excluding carboxylic acids is 2. The first-order chi connectivity index (χ1) is 12.7. The predicted molar refractivity (Wildman–Crippen MR) is 102 cm³/mol. The number of methoxy groups -OCH3 is 1. The van der Waals surface area contributed by atoms with Gasteiger partial charge in [-0.2, -0.15) is 0 Å². The van der Waals surface area contributed by atoms with E-state index in [-0.39, 0.29) is 12.5 Å². The van der Waals surface area contributed by atoms with Crippen LogP contribution in [0.1, 0.15) is 31.2 Å². The highest BCUT2D eigenvalue weighted by Crippen LogP contribution is 2.20. The molecule has 0 bridgehead atoms. The number of anilines is 1. The Hall–Kier alpha value is -2.34. The molecule has 6 nitrogen and oxygen atoms in total. The Labute approximate surface area is 155 Å². The lowest BCUT2D eigenvalue weighted by atomic mass is 10.1.